The fourth-order valence-corrected chi connectivity index (χ4v) is 2.47. The summed E-state index contributed by atoms with van der Waals surface area (Å²) in [6.07, 6.45) is 6.16. The van der Waals surface area contributed by atoms with E-state index in [2.05, 4.69) is 22.1 Å². The number of hydrogen-bond acceptors (Lipinski definition) is 1. The molecule has 0 aromatic heterocycles. The predicted octanol–water partition coefficient (Wildman–Crippen LogP) is 5.63. The van der Waals surface area contributed by atoms with Crippen LogP contribution in [0.3, 0.4) is 0 Å². The summed E-state index contributed by atoms with van der Waals surface area (Å²) in [6.45, 7) is 2.06. The first-order valence-corrected chi connectivity index (χ1v) is 7.92. The van der Waals surface area contributed by atoms with Gasteiger partial charge < -0.3 is 4.74 Å². The molecular formula is C19H21F2OP. The lowest BCUT2D eigenvalue weighted by Gasteiger charge is -2.19. The van der Waals surface area contributed by atoms with E-state index in [1.54, 1.807) is 18.2 Å². The number of ether oxygens (including phenoxy) is 1. The summed E-state index contributed by atoms with van der Waals surface area (Å²) in [5.74, 6) is 1.93. The zero-order valence-electron chi connectivity index (χ0n) is 13.3. The van der Waals surface area contributed by atoms with Gasteiger partial charge in [0.2, 0.25) is 0 Å². The Bertz CT molecular complexity index is 636. The summed E-state index contributed by atoms with van der Waals surface area (Å²) in [5, 5.41) is 0. The summed E-state index contributed by atoms with van der Waals surface area (Å²) in [4.78, 5) is 0. The van der Waals surface area contributed by atoms with E-state index in [1.807, 2.05) is 30.3 Å². The maximum Gasteiger partial charge on any atom is 0.139 e. The Balaban J connectivity index is 0.00000127. The van der Waals surface area contributed by atoms with E-state index >= 15 is 0 Å². The van der Waals surface area contributed by atoms with Gasteiger partial charge in [-0.2, -0.15) is 0 Å². The van der Waals surface area contributed by atoms with Crippen LogP contribution in [-0.4, -0.2) is 7.18 Å². The van der Waals surface area contributed by atoms with E-state index < -0.39 is 5.91 Å². The molecule has 0 saturated carbocycles. The molecule has 3 atom stereocenters. The van der Waals surface area contributed by atoms with E-state index in [0.29, 0.717) is 24.1 Å². The first kappa shape index (κ1) is 19.1. The van der Waals surface area contributed by atoms with Gasteiger partial charge in [-0.3, -0.25) is 4.39 Å². The van der Waals surface area contributed by atoms with Gasteiger partial charge >= 0.3 is 0 Å². The van der Waals surface area contributed by atoms with Gasteiger partial charge in [0.1, 0.15) is 17.8 Å². The molecule has 0 fully saturated rings. The normalized spacial score (nSPS) is 12.3. The van der Waals surface area contributed by atoms with Gasteiger partial charge in [0.25, 0.3) is 0 Å². The second-order valence-electron chi connectivity index (χ2n) is 4.72. The Morgan fingerprint density at radius 3 is 2.35 bits per heavy atom. The summed E-state index contributed by atoms with van der Waals surface area (Å²) in [7, 11) is 2.62. The molecule has 0 radical (unpaired) electrons. The van der Waals surface area contributed by atoms with E-state index in [4.69, 9.17) is 11.2 Å². The smallest absolute Gasteiger partial charge is 0.139 e. The van der Waals surface area contributed by atoms with Crippen molar-refractivity contribution in [3.8, 4) is 18.1 Å². The Hall–Kier alpha value is -1.91. The molecule has 2 aromatic carbocycles. The van der Waals surface area contributed by atoms with E-state index in [0.717, 1.165) is 12.0 Å². The third kappa shape index (κ3) is 5.34. The molecule has 2 rings (SSSR count). The van der Waals surface area contributed by atoms with Crippen LogP contribution in [0.5, 0.6) is 5.75 Å². The largest absolute Gasteiger partial charge is 0.486 e. The van der Waals surface area contributed by atoms with Crippen molar-refractivity contribution < 1.29 is 13.5 Å². The predicted molar refractivity (Wildman–Crippen MR) is 95.1 cm³/mol. The summed E-state index contributed by atoms with van der Waals surface area (Å²) in [5.41, 5.74) is 2.12. The third-order valence-corrected chi connectivity index (χ3v) is 3.66. The number of rotatable bonds is 5. The molecule has 0 bridgehead atoms. The molecule has 2 aromatic rings. The molecule has 0 saturated heterocycles. The number of hydrogen-bond donors (Lipinski definition) is 0. The van der Waals surface area contributed by atoms with Gasteiger partial charge in [-0.25, -0.2) is 4.39 Å². The number of terminal acetylenes is 1. The maximum atomic E-state index is 13.6. The monoisotopic (exact) mass is 334 g/mol. The van der Waals surface area contributed by atoms with E-state index in [9.17, 15) is 8.78 Å². The summed E-state index contributed by atoms with van der Waals surface area (Å²) >= 11 is 0. The molecule has 0 aliphatic carbocycles. The Morgan fingerprint density at radius 1 is 1.17 bits per heavy atom. The average molecular weight is 334 g/mol. The van der Waals surface area contributed by atoms with Crippen LogP contribution in [0.4, 0.5) is 8.78 Å². The van der Waals surface area contributed by atoms with Crippen LogP contribution in [0, 0.1) is 12.3 Å². The second-order valence-corrected chi connectivity index (χ2v) is 5.31. The van der Waals surface area contributed by atoms with Crippen molar-refractivity contribution in [1.82, 2.24) is 0 Å². The summed E-state index contributed by atoms with van der Waals surface area (Å²) in [6, 6.07) is 15.2. The molecule has 3 unspecified atom stereocenters. The highest BCUT2D eigenvalue weighted by atomic mass is 31.0. The van der Waals surface area contributed by atoms with Crippen molar-refractivity contribution in [1.29, 1.82) is 0 Å². The lowest BCUT2D eigenvalue weighted by Crippen LogP contribution is -2.06. The van der Waals surface area contributed by atoms with Gasteiger partial charge in [0, 0.05) is 11.1 Å². The molecule has 122 valence electrons. The minimum atomic E-state index is -1.20. The molecule has 0 aliphatic heterocycles. The third-order valence-electron chi connectivity index (χ3n) is 3.30. The molecule has 1 nitrogen and oxygen atoms in total. The molecule has 23 heavy (non-hydrogen) atoms. The molecule has 0 amide bonds. The van der Waals surface area contributed by atoms with Crippen LogP contribution in [0.25, 0.3) is 0 Å². The minimum absolute atomic E-state index is 0.0571. The van der Waals surface area contributed by atoms with E-state index in [-0.39, 0.29) is 6.10 Å². The number of benzene rings is 2. The van der Waals surface area contributed by atoms with Gasteiger partial charge in [0.05, 0.1) is 7.18 Å². The fourth-order valence-electron chi connectivity index (χ4n) is 2.19. The molecule has 4 heteroatoms. The SMILES string of the molecule is C#Cc1ccc(OC(CC)c2ccccc2)cc1C(F)P.CF. The molecule has 0 heterocycles. The van der Waals surface area contributed by atoms with Crippen molar-refractivity contribution in [2.24, 2.45) is 0 Å². The van der Waals surface area contributed by atoms with Crippen LogP contribution in [0.1, 0.15) is 42.1 Å². The van der Waals surface area contributed by atoms with E-state index in [1.165, 1.54) is 0 Å². The second kappa shape index (κ2) is 9.98. The number of alkyl halides is 2. The fraction of sp³-hybridized carbons (Fsp3) is 0.263. The highest BCUT2D eigenvalue weighted by Gasteiger charge is 2.14. The summed E-state index contributed by atoms with van der Waals surface area (Å²) < 4.78 is 29.1. The number of halogens is 2. The quantitative estimate of drug-likeness (QED) is 0.509. The van der Waals surface area contributed by atoms with Gasteiger partial charge in [-0.05, 0) is 30.2 Å². The van der Waals surface area contributed by atoms with Gasteiger partial charge in [-0.1, -0.05) is 52.4 Å². The molecule has 0 N–H and O–H groups in total. The van der Waals surface area contributed by atoms with Crippen molar-refractivity contribution in [2.75, 3.05) is 7.18 Å². The van der Waals surface area contributed by atoms with Crippen molar-refractivity contribution in [3.05, 3.63) is 65.2 Å². The first-order valence-electron chi connectivity index (χ1n) is 7.25. The Morgan fingerprint density at radius 2 is 1.83 bits per heavy atom. The van der Waals surface area contributed by atoms with Gasteiger partial charge in [-0.15, -0.1) is 6.42 Å². The minimum Gasteiger partial charge on any atom is -0.486 e. The zero-order valence-corrected chi connectivity index (χ0v) is 14.5. The highest BCUT2D eigenvalue weighted by Crippen LogP contribution is 2.32. The van der Waals surface area contributed by atoms with Crippen molar-refractivity contribution in [3.63, 3.8) is 0 Å². The lowest BCUT2D eigenvalue weighted by atomic mass is 10.1. The standard InChI is InChI=1S/C18H18FOP.CH3F/c1-3-13-10-11-15(12-16(13)18(19)21)20-17(4-2)14-8-6-5-7-9-14;1-2/h1,5-12,17-18H,4,21H2,2H3;1H3. The van der Waals surface area contributed by atoms with Crippen LogP contribution in [-0.2, 0) is 0 Å². The van der Waals surface area contributed by atoms with Crippen molar-refractivity contribution >= 4 is 9.24 Å². The van der Waals surface area contributed by atoms with Gasteiger partial charge in [0.15, 0.2) is 0 Å². The maximum absolute atomic E-state index is 13.6. The Kier molecular flexibility index (Phi) is 8.30. The molecule has 0 aliphatic rings. The van der Waals surface area contributed by atoms with Crippen molar-refractivity contribution in [2.45, 2.75) is 25.4 Å². The van der Waals surface area contributed by atoms with Crippen LogP contribution < -0.4 is 4.74 Å². The van der Waals surface area contributed by atoms with Crippen LogP contribution in [0.15, 0.2) is 48.5 Å². The molecule has 0 spiro atoms. The van der Waals surface area contributed by atoms with Crippen LogP contribution >= 0.6 is 9.24 Å². The zero-order chi connectivity index (χ0) is 17.2. The van der Waals surface area contributed by atoms with Crippen LogP contribution in [0.2, 0.25) is 0 Å². The lowest BCUT2D eigenvalue weighted by molar-refractivity contribution is 0.201. The average Bonchev–Trinajstić information content (AvgIpc) is 2.61. The highest BCUT2D eigenvalue weighted by molar-refractivity contribution is 7.16. The topological polar surface area (TPSA) is 9.23 Å². The molecular weight excluding hydrogens is 313 g/mol. The first-order chi connectivity index (χ1) is 11.2. The Labute approximate surface area is 139 Å².